The maximum absolute atomic E-state index is 12.2. The number of nitrogens with one attached hydrogen (secondary N) is 1. The molecule has 0 spiro atoms. The van der Waals surface area contributed by atoms with Gasteiger partial charge in [0.15, 0.2) is 28.4 Å². The van der Waals surface area contributed by atoms with Crippen LogP contribution in [0.5, 0.6) is 5.75 Å². The minimum Gasteiger partial charge on any atom is -0.492 e. The molecular weight excluding hydrogens is 504 g/mol. The van der Waals surface area contributed by atoms with Gasteiger partial charge in [-0.1, -0.05) is 23.7 Å². The zero-order chi connectivity index (χ0) is 27.4. The van der Waals surface area contributed by atoms with Gasteiger partial charge in [-0.15, -0.1) is 0 Å². The average molecular weight is 536 g/mol. The highest BCUT2D eigenvalue weighted by molar-refractivity contribution is 6.31. The molecule has 1 heterocycles. The number of guanidine groups is 1. The van der Waals surface area contributed by atoms with Crippen molar-refractivity contribution in [3.05, 3.63) is 40.7 Å². The molecule has 12 N–H and O–H groups in total. The van der Waals surface area contributed by atoms with Crippen LogP contribution in [0.1, 0.15) is 28.9 Å². The summed E-state index contributed by atoms with van der Waals surface area (Å²) in [5.74, 6) is -1.16. The van der Waals surface area contributed by atoms with Gasteiger partial charge >= 0.3 is 5.91 Å². The summed E-state index contributed by atoms with van der Waals surface area (Å²) in [5, 5.41) is 2.25. The van der Waals surface area contributed by atoms with Crippen LogP contribution in [-0.2, 0) is 16.0 Å². The van der Waals surface area contributed by atoms with Gasteiger partial charge in [-0.2, -0.15) is 0 Å². The fourth-order valence-electron chi connectivity index (χ4n) is 3.19. The van der Waals surface area contributed by atoms with Gasteiger partial charge in [-0.3, -0.25) is 30.5 Å². The van der Waals surface area contributed by atoms with Crippen molar-refractivity contribution < 1.29 is 24.9 Å². The fraction of sp³-hybridized carbons (Fsp3) is 0.364. The van der Waals surface area contributed by atoms with Gasteiger partial charge in [0, 0.05) is 13.1 Å². The Kier molecular flexibility index (Phi) is 11.5. The average Bonchev–Trinajstić information content (AvgIpc) is 2.81. The van der Waals surface area contributed by atoms with Gasteiger partial charge in [0.25, 0.3) is 5.91 Å². The molecule has 0 saturated carbocycles. The Hall–Kier alpha value is -4.01. The summed E-state index contributed by atoms with van der Waals surface area (Å²) in [4.78, 5) is 47.8. The van der Waals surface area contributed by atoms with E-state index in [1.807, 2.05) is 24.3 Å². The lowest BCUT2D eigenvalue weighted by molar-refractivity contribution is -0.306. The van der Waals surface area contributed by atoms with E-state index in [1.165, 1.54) is 0 Å². The van der Waals surface area contributed by atoms with E-state index in [0.717, 1.165) is 24.8 Å². The number of nitrogens with zero attached hydrogens (tertiary/aromatic N) is 4. The summed E-state index contributed by atoms with van der Waals surface area (Å²) in [6, 6.07) is 7.61. The van der Waals surface area contributed by atoms with E-state index in [1.54, 1.807) is 4.90 Å². The number of rotatable bonds is 14. The third kappa shape index (κ3) is 10.6. The quantitative estimate of drug-likeness (QED) is 0.0907. The molecule has 0 unspecified atom stereocenters. The maximum atomic E-state index is 12.2. The fourth-order valence-corrected chi connectivity index (χ4v) is 3.32. The maximum Gasteiger partial charge on any atom is 0.322 e. The van der Waals surface area contributed by atoms with Crippen molar-refractivity contribution in [3.63, 3.8) is 0 Å². The molecule has 2 aromatic rings. The number of nitrogen functional groups attached to an aromatic ring is 2. The Morgan fingerprint density at radius 1 is 1.05 bits per heavy atom. The first-order valence-corrected chi connectivity index (χ1v) is 11.7. The molecule has 0 aliphatic carbocycles. The summed E-state index contributed by atoms with van der Waals surface area (Å²) < 4.78 is 5.69. The lowest BCUT2D eigenvalue weighted by Crippen LogP contribution is -2.62. The zero-order valence-corrected chi connectivity index (χ0v) is 21.0. The molecule has 3 amide bonds. The van der Waals surface area contributed by atoms with E-state index in [-0.39, 0.29) is 47.4 Å². The van der Waals surface area contributed by atoms with Crippen LogP contribution < -0.4 is 38.7 Å². The standard InChI is InChI=1S/C22H31ClN10O4/c23-18-20(27)31-19(26)17(30-18)21(36)32-22(28)29-8-2-1-3-13-4-6-14(7-5-13)37-10-9-33(11-15(24)34)12-16(25)35/h4-7H,1-3,8-12H2,(H2,24,34)(H2,25,35)(H4,26,27,31)(H3,28,29,32,36)/p+1. The second kappa shape index (κ2) is 14.5. The third-order valence-corrected chi connectivity index (χ3v) is 5.17. The third-order valence-electron chi connectivity index (χ3n) is 4.90. The lowest BCUT2D eigenvalue weighted by Gasteiger charge is -2.18. The van der Waals surface area contributed by atoms with E-state index in [0.29, 0.717) is 25.4 Å². The first kappa shape index (κ1) is 29.2. The van der Waals surface area contributed by atoms with Crippen LogP contribution in [-0.4, -0.2) is 71.3 Å². The summed E-state index contributed by atoms with van der Waals surface area (Å²) in [6.07, 6.45) is 2.40. The Labute approximate surface area is 218 Å². The molecule has 15 heteroatoms. The molecule has 14 nitrogen and oxygen atoms in total. The number of aromatic nitrogens is 2. The summed E-state index contributed by atoms with van der Waals surface area (Å²) >= 11 is 5.78. The number of carbonyl (C=O) groups is 3. The van der Waals surface area contributed by atoms with Gasteiger partial charge < -0.3 is 27.7 Å². The smallest absolute Gasteiger partial charge is 0.322 e. The number of ether oxygens (including phenoxy) is 1. The number of unbranched alkanes of at least 4 members (excludes halogenated alkanes) is 1. The van der Waals surface area contributed by atoms with Crippen LogP contribution in [0.15, 0.2) is 29.3 Å². The Bertz CT molecular complexity index is 1110. The Morgan fingerprint density at radius 3 is 2.41 bits per heavy atom. The van der Waals surface area contributed by atoms with Crippen LogP contribution in [0.25, 0.3) is 0 Å². The number of aryl methyl sites for hydroxylation is 1. The molecule has 37 heavy (non-hydrogen) atoms. The monoisotopic (exact) mass is 535 g/mol. The van der Waals surface area contributed by atoms with Crippen LogP contribution in [0.3, 0.4) is 0 Å². The number of hydrogen-bond donors (Lipinski definition) is 6. The highest BCUT2D eigenvalue weighted by Gasteiger charge is 2.16. The number of hydrogen-bond acceptors (Lipinski definition) is 10. The van der Waals surface area contributed by atoms with Crippen LogP contribution in [0, 0.1) is 0 Å². The molecule has 0 atom stereocenters. The molecule has 2 rings (SSSR count). The zero-order valence-electron chi connectivity index (χ0n) is 20.3. The van der Waals surface area contributed by atoms with Gasteiger partial charge in [0.1, 0.15) is 18.9 Å². The number of quaternary nitrogens is 1. The first-order chi connectivity index (χ1) is 17.5. The number of primary amides is 1. The van der Waals surface area contributed by atoms with E-state index in [2.05, 4.69) is 26.0 Å². The highest BCUT2D eigenvalue weighted by Crippen LogP contribution is 2.17. The van der Waals surface area contributed by atoms with Crippen molar-refractivity contribution in [3.8, 4) is 5.75 Å². The van der Waals surface area contributed by atoms with Crippen LogP contribution >= 0.6 is 11.6 Å². The second-order valence-corrected chi connectivity index (χ2v) is 8.38. The van der Waals surface area contributed by atoms with E-state index in [9.17, 15) is 14.4 Å². The van der Waals surface area contributed by atoms with Crippen molar-refractivity contribution in [1.29, 1.82) is 0 Å². The predicted molar refractivity (Wildman–Crippen MR) is 138 cm³/mol. The second-order valence-electron chi connectivity index (χ2n) is 8.02. The number of nitrogens with two attached hydrogens (primary N) is 4. The van der Waals surface area contributed by atoms with Gasteiger partial charge in [-0.05, 0) is 37.0 Å². The molecule has 0 bridgehead atoms. The molecule has 0 radical (unpaired) electrons. The summed E-state index contributed by atoms with van der Waals surface area (Å²) in [6.45, 7) is 1.07. The van der Waals surface area contributed by atoms with Gasteiger partial charge in [0.05, 0.1) is 6.54 Å². The number of halogens is 1. The number of aliphatic imine (C=N–C) groups is 1. The molecule has 0 aliphatic heterocycles. The van der Waals surface area contributed by atoms with E-state index < -0.39 is 11.8 Å². The van der Waals surface area contributed by atoms with Gasteiger partial charge in [-0.25, -0.2) is 14.8 Å². The van der Waals surface area contributed by atoms with Crippen molar-refractivity contribution in [2.75, 3.05) is 44.3 Å². The van der Waals surface area contributed by atoms with Crippen molar-refractivity contribution in [2.45, 2.75) is 19.3 Å². The minimum atomic E-state index is -0.688. The van der Waals surface area contributed by atoms with Crippen LogP contribution in [0.2, 0.25) is 5.15 Å². The van der Waals surface area contributed by atoms with Crippen molar-refractivity contribution in [2.24, 2.45) is 16.5 Å². The van der Waals surface area contributed by atoms with Crippen LogP contribution in [0.4, 0.5) is 11.6 Å². The number of carbonyl (C=O) groups excluding carboxylic acids is 3. The SMILES string of the molecule is NC(=O)CN(CCOc1ccc(CCCCN=C(N)NC(=O)c2nc(Cl)c(N)nc2N)cc1)CC([NH3+])=O. The van der Waals surface area contributed by atoms with E-state index in [4.69, 9.17) is 39.3 Å². The number of amides is 3. The predicted octanol–water partition coefficient (Wildman–Crippen LogP) is -1.70. The highest BCUT2D eigenvalue weighted by atomic mass is 35.5. The van der Waals surface area contributed by atoms with Crippen molar-refractivity contribution in [1.82, 2.24) is 20.2 Å². The van der Waals surface area contributed by atoms with Gasteiger partial charge in [0.2, 0.25) is 5.91 Å². The Balaban J connectivity index is 1.71. The van der Waals surface area contributed by atoms with Crippen molar-refractivity contribution >= 4 is 46.9 Å². The molecule has 0 aliphatic rings. The molecule has 1 aromatic heterocycles. The number of anilines is 2. The molecule has 0 saturated heterocycles. The van der Waals surface area contributed by atoms with E-state index >= 15 is 0 Å². The normalized spacial score (nSPS) is 11.4. The number of benzene rings is 1. The largest absolute Gasteiger partial charge is 0.492 e. The summed E-state index contributed by atoms with van der Waals surface area (Å²) in [5.41, 5.74) is 26.3. The minimum absolute atomic E-state index is 0.0353. The first-order valence-electron chi connectivity index (χ1n) is 11.3. The molecule has 200 valence electrons. The molecule has 0 fully saturated rings. The summed E-state index contributed by atoms with van der Waals surface area (Å²) in [7, 11) is 0. The lowest BCUT2D eigenvalue weighted by atomic mass is 10.1. The molecular formula is C22H32ClN10O4+. The molecule has 1 aromatic carbocycles. The topological polar surface area (TPSA) is 246 Å². The Morgan fingerprint density at radius 2 is 1.76 bits per heavy atom.